The van der Waals surface area contributed by atoms with Gasteiger partial charge < -0.3 is 19.5 Å². The Labute approximate surface area is 166 Å². The van der Waals surface area contributed by atoms with Gasteiger partial charge in [0.15, 0.2) is 18.1 Å². The number of pyridine rings is 1. The van der Waals surface area contributed by atoms with E-state index in [1.807, 2.05) is 0 Å². The number of rotatable bonds is 9. The van der Waals surface area contributed by atoms with Crippen LogP contribution in [-0.4, -0.2) is 37.9 Å². The fraction of sp³-hybridized carbons (Fsp3) is 0.300. The minimum absolute atomic E-state index is 0.0645. The molecule has 2 aromatic rings. The highest BCUT2D eigenvalue weighted by Crippen LogP contribution is 2.33. The zero-order valence-electron chi connectivity index (χ0n) is 16.0. The molecule has 0 saturated heterocycles. The predicted octanol–water partition coefficient (Wildman–Crippen LogP) is 3.70. The van der Waals surface area contributed by atoms with Crippen LogP contribution in [0, 0.1) is 0 Å². The molecule has 0 bridgehead atoms. The summed E-state index contributed by atoms with van der Waals surface area (Å²) >= 11 is 0. The van der Waals surface area contributed by atoms with E-state index in [0.717, 1.165) is 0 Å². The molecule has 0 atom stereocenters. The number of ether oxygens (including phenoxy) is 3. The predicted molar refractivity (Wildman–Crippen MR) is 100 cm³/mol. The Morgan fingerprint density at radius 1 is 1.24 bits per heavy atom. The first-order valence-corrected chi connectivity index (χ1v) is 8.56. The summed E-state index contributed by atoms with van der Waals surface area (Å²) in [6.07, 6.45) is -1.05. The number of carbonyl (C=O) groups is 1. The van der Waals surface area contributed by atoms with Crippen LogP contribution in [0.1, 0.15) is 21.5 Å². The summed E-state index contributed by atoms with van der Waals surface area (Å²) in [6, 6.07) is 6.23. The van der Waals surface area contributed by atoms with Gasteiger partial charge in [0.25, 0.3) is 5.91 Å². The molecule has 0 unspecified atom stereocenters. The number of alkyl halides is 3. The second kappa shape index (κ2) is 9.81. The Hall–Kier alpha value is -3.23. The number of carbonyl (C=O) groups excluding carboxylic acids is 1. The van der Waals surface area contributed by atoms with Crippen molar-refractivity contribution >= 4 is 5.91 Å². The SMILES string of the molecule is C=CCc1cc(C(=O)NCc2cccnc2OCC(F)(F)F)cc(OC)c1OC. The fourth-order valence-corrected chi connectivity index (χ4v) is 2.60. The highest BCUT2D eigenvalue weighted by Gasteiger charge is 2.29. The van der Waals surface area contributed by atoms with Crippen molar-refractivity contribution in [3.63, 3.8) is 0 Å². The number of amides is 1. The van der Waals surface area contributed by atoms with Gasteiger partial charge in [0.05, 0.1) is 14.2 Å². The third kappa shape index (κ3) is 6.13. The summed E-state index contributed by atoms with van der Waals surface area (Å²) in [6.45, 7) is 2.15. The number of halogens is 3. The molecule has 1 amide bonds. The zero-order chi connectivity index (χ0) is 21.4. The normalized spacial score (nSPS) is 10.9. The van der Waals surface area contributed by atoms with E-state index in [1.54, 1.807) is 18.2 Å². The Balaban J connectivity index is 2.17. The Bertz CT molecular complexity index is 869. The molecule has 1 heterocycles. The lowest BCUT2D eigenvalue weighted by Crippen LogP contribution is -2.24. The lowest BCUT2D eigenvalue weighted by molar-refractivity contribution is -0.154. The Kier molecular flexibility index (Phi) is 7.46. The van der Waals surface area contributed by atoms with Gasteiger partial charge in [0.2, 0.25) is 5.88 Å². The Morgan fingerprint density at radius 2 is 2.00 bits per heavy atom. The lowest BCUT2D eigenvalue weighted by atomic mass is 10.0. The van der Waals surface area contributed by atoms with Gasteiger partial charge in [-0.1, -0.05) is 12.1 Å². The summed E-state index contributed by atoms with van der Waals surface area (Å²) in [5.74, 6) is 0.248. The molecule has 0 saturated carbocycles. The number of allylic oxidation sites excluding steroid dienone is 1. The van der Waals surface area contributed by atoms with Crippen molar-refractivity contribution in [2.45, 2.75) is 19.1 Å². The van der Waals surface area contributed by atoms with E-state index < -0.39 is 18.7 Å². The number of hydrogen-bond donors (Lipinski definition) is 1. The van der Waals surface area contributed by atoms with Crippen LogP contribution in [0.25, 0.3) is 0 Å². The number of benzene rings is 1. The molecule has 0 fully saturated rings. The van der Waals surface area contributed by atoms with Crippen LogP contribution >= 0.6 is 0 Å². The van der Waals surface area contributed by atoms with Gasteiger partial charge in [-0.05, 0) is 24.6 Å². The summed E-state index contributed by atoms with van der Waals surface area (Å²) in [5.41, 5.74) is 1.33. The van der Waals surface area contributed by atoms with Gasteiger partial charge >= 0.3 is 6.18 Å². The van der Waals surface area contributed by atoms with E-state index >= 15 is 0 Å². The molecule has 156 valence electrons. The fourth-order valence-electron chi connectivity index (χ4n) is 2.60. The maximum Gasteiger partial charge on any atom is 0.422 e. The number of aromatic nitrogens is 1. The van der Waals surface area contributed by atoms with Gasteiger partial charge in [-0.2, -0.15) is 13.2 Å². The summed E-state index contributed by atoms with van der Waals surface area (Å²) in [7, 11) is 2.95. The third-order valence-electron chi connectivity index (χ3n) is 3.84. The van der Waals surface area contributed by atoms with Gasteiger partial charge in [0, 0.05) is 29.4 Å². The number of nitrogens with zero attached hydrogens (tertiary/aromatic N) is 1. The van der Waals surface area contributed by atoms with Gasteiger partial charge in [-0.3, -0.25) is 4.79 Å². The summed E-state index contributed by atoms with van der Waals surface area (Å²) < 4.78 is 52.5. The first-order valence-electron chi connectivity index (χ1n) is 8.56. The van der Waals surface area contributed by atoms with Crippen molar-refractivity contribution in [2.75, 3.05) is 20.8 Å². The quantitative estimate of drug-likeness (QED) is 0.639. The molecule has 1 aromatic heterocycles. The van der Waals surface area contributed by atoms with Crippen LogP contribution in [0.15, 0.2) is 43.1 Å². The minimum atomic E-state index is -4.49. The van der Waals surface area contributed by atoms with E-state index in [9.17, 15) is 18.0 Å². The van der Waals surface area contributed by atoms with Crippen molar-refractivity contribution in [3.05, 3.63) is 59.8 Å². The van der Waals surface area contributed by atoms with Crippen LogP contribution in [0.4, 0.5) is 13.2 Å². The average molecular weight is 410 g/mol. The van der Waals surface area contributed by atoms with Crippen molar-refractivity contribution in [1.29, 1.82) is 0 Å². The minimum Gasteiger partial charge on any atom is -0.493 e. The second-order valence-corrected chi connectivity index (χ2v) is 5.92. The van der Waals surface area contributed by atoms with E-state index in [2.05, 4.69) is 16.9 Å². The summed E-state index contributed by atoms with van der Waals surface area (Å²) in [4.78, 5) is 16.4. The van der Waals surface area contributed by atoms with Crippen LogP contribution in [0.2, 0.25) is 0 Å². The van der Waals surface area contributed by atoms with Crippen molar-refractivity contribution in [1.82, 2.24) is 10.3 Å². The van der Waals surface area contributed by atoms with Crippen molar-refractivity contribution in [2.24, 2.45) is 0 Å². The molecular formula is C20H21F3N2O4. The largest absolute Gasteiger partial charge is 0.493 e. The molecule has 1 N–H and O–H groups in total. The molecule has 29 heavy (non-hydrogen) atoms. The topological polar surface area (TPSA) is 69.7 Å². The van der Waals surface area contributed by atoms with Crippen LogP contribution < -0.4 is 19.5 Å². The monoisotopic (exact) mass is 410 g/mol. The highest BCUT2D eigenvalue weighted by atomic mass is 19.4. The Morgan fingerprint density at radius 3 is 2.62 bits per heavy atom. The molecule has 2 rings (SSSR count). The molecule has 1 aromatic carbocycles. The average Bonchev–Trinajstić information content (AvgIpc) is 2.70. The molecule has 9 heteroatoms. The molecule has 6 nitrogen and oxygen atoms in total. The van der Waals surface area contributed by atoms with Crippen LogP contribution in [-0.2, 0) is 13.0 Å². The van der Waals surface area contributed by atoms with Gasteiger partial charge in [-0.15, -0.1) is 6.58 Å². The number of nitrogens with one attached hydrogen (secondary N) is 1. The molecule has 0 aliphatic rings. The number of hydrogen-bond acceptors (Lipinski definition) is 5. The molecule has 0 aliphatic carbocycles. The third-order valence-corrected chi connectivity index (χ3v) is 3.84. The first-order chi connectivity index (χ1) is 13.8. The molecule has 0 aliphatic heterocycles. The highest BCUT2D eigenvalue weighted by molar-refractivity contribution is 5.95. The van der Waals surface area contributed by atoms with E-state index in [-0.39, 0.29) is 12.4 Å². The zero-order valence-corrected chi connectivity index (χ0v) is 16.0. The van der Waals surface area contributed by atoms with Crippen molar-refractivity contribution in [3.8, 4) is 17.4 Å². The van der Waals surface area contributed by atoms with Crippen LogP contribution in [0.5, 0.6) is 17.4 Å². The standard InChI is InChI=1S/C20H21F3N2O4/c1-4-6-13-9-15(10-16(27-2)17(13)28-3)18(26)25-11-14-7-5-8-24-19(14)29-12-20(21,22)23/h4-5,7-10H,1,6,11-12H2,2-3H3,(H,25,26). The maximum atomic E-state index is 12.6. The molecular weight excluding hydrogens is 389 g/mol. The number of methoxy groups -OCH3 is 2. The maximum absolute atomic E-state index is 12.6. The van der Waals surface area contributed by atoms with Crippen molar-refractivity contribution < 1.29 is 32.2 Å². The van der Waals surface area contributed by atoms with Crippen LogP contribution in [0.3, 0.4) is 0 Å². The smallest absolute Gasteiger partial charge is 0.422 e. The lowest BCUT2D eigenvalue weighted by Gasteiger charge is -2.15. The molecule has 0 spiro atoms. The van der Waals surface area contributed by atoms with E-state index in [4.69, 9.17) is 14.2 Å². The first kappa shape index (κ1) is 22.1. The second-order valence-electron chi connectivity index (χ2n) is 5.92. The van der Waals surface area contributed by atoms with E-state index in [0.29, 0.717) is 34.6 Å². The summed E-state index contributed by atoms with van der Waals surface area (Å²) in [5, 5.41) is 2.65. The van der Waals surface area contributed by atoms with E-state index in [1.165, 1.54) is 32.5 Å². The van der Waals surface area contributed by atoms with Gasteiger partial charge in [0.1, 0.15) is 0 Å². The molecule has 0 radical (unpaired) electrons. The van der Waals surface area contributed by atoms with Gasteiger partial charge in [-0.25, -0.2) is 4.98 Å².